The molecule has 0 aliphatic rings. The Morgan fingerprint density at radius 1 is 0.512 bits per heavy atom. The molecule has 0 fully saturated rings. The molecule has 0 radical (unpaired) electrons. The van der Waals surface area contributed by atoms with Crippen molar-refractivity contribution in [3.05, 3.63) is 140 Å². The minimum atomic E-state index is 0.673. The van der Waals surface area contributed by atoms with Crippen molar-refractivity contribution < 1.29 is 4.42 Å². The number of fused-ring (bicyclic) bond motifs is 4. The van der Waals surface area contributed by atoms with Gasteiger partial charge in [-0.2, -0.15) is 0 Å². The Morgan fingerprint density at radius 2 is 1.09 bits per heavy atom. The normalized spacial score (nSPS) is 11.5. The molecule has 0 aliphatic carbocycles. The van der Waals surface area contributed by atoms with E-state index in [9.17, 15) is 0 Å². The van der Waals surface area contributed by atoms with Gasteiger partial charge in [-0.15, -0.1) is 0 Å². The second-order valence-corrected chi connectivity index (χ2v) is 12.5. The van der Waals surface area contributed by atoms with E-state index in [0.717, 1.165) is 49.5 Å². The summed E-state index contributed by atoms with van der Waals surface area (Å²) >= 11 is 2.32. The fraction of sp³-hybridized carbons (Fsp3) is 0. The van der Waals surface area contributed by atoms with Crippen molar-refractivity contribution in [3.8, 4) is 44.5 Å². The molecule has 3 aromatic heterocycles. The standard InChI is InChI=1S/C38H23IN2OS/c39-43-33-16-13-25(14-17-33)24-3-5-27(6-4-24)30-11-12-31-20-32(23-41-36(31)22-30)28-9-7-26(8-10-28)29-15-18-37-35(21-29)34-2-1-19-40-38(34)42-37/h1-23H. The lowest BCUT2D eigenvalue weighted by Crippen LogP contribution is -1.86. The van der Waals surface area contributed by atoms with Crippen LogP contribution in [-0.2, 0) is 0 Å². The minimum absolute atomic E-state index is 0.673. The molecule has 3 heterocycles. The molecule has 0 saturated heterocycles. The highest BCUT2D eigenvalue weighted by Gasteiger charge is 2.10. The molecule has 43 heavy (non-hydrogen) atoms. The maximum absolute atomic E-state index is 5.90. The first-order valence-corrected chi connectivity index (χ1v) is 17.4. The van der Waals surface area contributed by atoms with E-state index in [0.29, 0.717) is 5.71 Å². The van der Waals surface area contributed by atoms with E-state index in [4.69, 9.17) is 9.40 Å². The van der Waals surface area contributed by atoms with E-state index in [1.807, 2.05) is 18.3 Å². The molecule has 0 atom stereocenters. The monoisotopic (exact) mass is 682 g/mol. The first kappa shape index (κ1) is 26.2. The van der Waals surface area contributed by atoms with E-state index in [-0.39, 0.29) is 0 Å². The highest BCUT2D eigenvalue weighted by molar-refractivity contribution is 14.2. The Balaban J connectivity index is 1.04. The van der Waals surface area contributed by atoms with Gasteiger partial charge >= 0.3 is 0 Å². The summed E-state index contributed by atoms with van der Waals surface area (Å²) in [6.07, 6.45) is 3.73. The second-order valence-electron chi connectivity index (χ2n) is 10.6. The van der Waals surface area contributed by atoms with Crippen LogP contribution in [0.15, 0.2) is 149 Å². The molecule has 0 saturated carbocycles. The van der Waals surface area contributed by atoms with Crippen LogP contribution in [0.25, 0.3) is 77.5 Å². The molecule has 3 nitrogen and oxygen atoms in total. The SMILES string of the molecule is ISc1ccc(-c2ccc(-c3ccc4cc(-c5ccc(-c6ccc7oc8ncccc8c7c6)cc5)cnc4c3)cc2)cc1. The number of nitrogens with zero attached hydrogens (tertiary/aromatic N) is 2. The van der Waals surface area contributed by atoms with Gasteiger partial charge in [-0.25, -0.2) is 4.98 Å². The highest BCUT2D eigenvalue weighted by Crippen LogP contribution is 2.34. The average Bonchev–Trinajstić information content (AvgIpc) is 3.46. The first-order chi connectivity index (χ1) is 21.2. The predicted octanol–water partition coefficient (Wildman–Crippen LogP) is 11.6. The van der Waals surface area contributed by atoms with Crippen molar-refractivity contribution in [2.75, 3.05) is 0 Å². The second kappa shape index (κ2) is 11.0. The van der Waals surface area contributed by atoms with Crippen molar-refractivity contribution in [2.24, 2.45) is 0 Å². The summed E-state index contributed by atoms with van der Waals surface area (Å²) in [6, 6.07) is 45.2. The minimum Gasteiger partial charge on any atom is -0.438 e. The summed E-state index contributed by atoms with van der Waals surface area (Å²) in [5, 5.41) is 3.25. The fourth-order valence-electron chi connectivity index (χ4n) is 5.66. The molecule has 5 heteroatoms. The Kier molecular flexibility index (Phi) is 6.69. The summed E-state index contributed by atoms with van der Waals surface area (Å²) in [6.45, 7) is 0. The number of pyridine rings is 2. The molecule has 5 aromatic carbocycles. The molecule has 0 aliphatic heterocycles. The van der Waals surface area contributed by atoms with Crippen molar-refractivity contribution in [2.45, 2.75) is 4.90 Å². The lowest BCUT2D eigenvalue weighted by Gasteiger charge is -2.09. The molecule has 204 valence electrons. The maximum Gasteiger partial charge on any atom is 0.227 e. The molecule has 0 spiro atoms. The van der Waals surface area contributed by atoms with Crippen molar-refractivity contribution >= 4 is 63.1 Å². The third kappa shape index (κ3) is 4.98. The summed E-state index contributed by atoms with van der Waals surface area (Å²) in [5.74, 6) is 0. The maximum atomic E-state index is 5.90. The van der Waals surface area contributed by atoms with Gasteiger partial charge in [-0.3, -0.25) is 4.98 Å². The van der Waals surface area contributed by atoms with Gasteiger partial charge in [0.05, 0.1) is 5.52 Å². The quantitative estimate of drug-likeness (QED) is 0.169. The lowest BCUT2D eigenvalue weighted by molar-refractivity contribution is 0.654. The van der Waals surface area contributed by atoms with E-state index < -0.39 is 0 Å². The van der Waals surface area contributed by atoms with Gasteiger partial charge in [-0.1, -0.05) is 87.8 Å². The van der Waals surface area contributed by atoms with E-state index in [1.165, 1.54) is 27.1 Å². The zero-order chi connectivity index (χ0) is 28.8. The number of hydrogen-bond acceptors (Lipinski definition) is 4. The molecular weight excluding hydrogens is 659 g/mol. The summed E-state index contributed by atoms with van der Waals surface area (Å²) in [7, 11) is 1.73. The third-order valence-corrected chi connectivity index (χ3v) is 9.95. The first-order valence-electron chi connectivity index (χ1n) is 14.0. The Hall–Kier alpha value is -4.46. The zero-order valence-electron chi connectivity index (χ0n) is 22.9. The van der Waals surface area contributed by atoms with E-state index >= 15 is 0 Å². The van der Waals surface area contributed by atoms with Crippen LogP contribution >= 0.6 is 30.1 Å². The molecule has 0 amide bonds. The third-order valence-electron chi connectivity index (χ3n) is 7.98. The topological polar surface area (TPSA) is 38.9 Å². The highest BCUT2D eigenvalue weighted by atomic mass is 127. The Morgan fingerprint density at radius 3 is 1.79 bits per heavy atom. The smallest absolute Gasteiger partial charge is 0.227 e. The van der Waals surface area contributed by atoms with Crippen LogP contribution in [0.2, 0.25) is 0 Å². The molecular formula is C38H23IN2OS. The van der Waals surface area contributed by atoms with Crippen LogP contribution in [-0.4, -0.2) is 9.97 Å². The van der Waals surface area contributed by atoms with Crippen LogP contribution in [0.3, 0.4) is 0 Å². The molecule has 0 unspecified atom stereocenters. The average molecular weight is 683 g/mol. The van der Waals surface area contributed by atoms with Crippen molar-refractivity contribution in [1.82, 2.24) is 9.97 Å². The van der Waals surface area contributed by atoms with Crippen LogP contribution in [0, 0.1) is 0 Å². The number of rotatable bonds is 5. The zero-order valence-corrected chi connectivity index (χ0v) is 25.8. The van der Waals surface area contributed by atoms with E-state index in [2.05, 4.69) is 141 Å². The molecule has 0 N–H and O–H groups in total. The van der Waals surface area contributed by atoms with Crippen molar-refractivity contribution in [1.29, 1.82) is 0 Å². The van der Waals surface area contributed by atoms with Gasteiger partial charge in [0.2, 0.25) is 5.71 Å². The van der Waals surface area contributed by atoms with Crippen LogP contribution in [0.5, 0.6) is 0 Å². The van der Waals surface area contributed by atoms with Gasteiger partial charge in [-0.05, 0) is 87.5 Å². The largest absolute Gasteiger partial charge is 0.438 e. The van der Waals surface area contributed by atoms with Gasteiger partial charge in [0.15, 0.2) is 0 Å². The summed E-state index contributed by atoms with van der Waals surface area (Å²) < 4.78 is 5.90. The number of hydrogen-bond donors (Lipinski definition) is 0. The predicted molar refractivity (Wildman–Crippen MR) is 188 cm³/mol. The molecule has 8 aromatic rings. The summed E-state index contributed by atoms with van der Waals surface area (Å²) in [5.41, 5.74) is 11.9. The Labute approximate surface area is 265 Å². The van der Waals surface area contributed by atoms with Gasteiger partial charge < -0.3 is 4.42 Å². The van der Waals surface area contributed by atoms with Crippen LogP contribution in [0.4, 0.5) is 0 Å². The summed E-state index contributed by atoms with van der Waals surface area (Å²) in [4.78, 5) is 10.5. The lowest BCUT2D eigenvalue weighted by atomic mass is 9.98. The van der Waals surface area contributed by atoms with Gasteiger partial charge in [0, 0.05) is 60.2 Å². The fourth-order valence-corrected chi connectivity index (χ4v) is 6.78. The number of halogens is 1. The van der Waals surface area contributed by atoms with Gasteiger partial charge in [0.1, 0.15) is 5.58 Å². The van der Waals surface area contributed by atoms with E-state index in [1.54, 1.807) is 15.1 Å². The number of benzene rings is 5. The number of furan rings is 1. The van der Waals surface area contributed by atoms with Gasteiger partial charge in [0.25, 0.3) is 0 Å². The number of aromatic nitrogens is 2. The van der Waals surface area contributed by atoms with Crippen LogP contribution in [0.1, 0.15) is 0 Å². The molecule has 0 bridgehead atoms. The Bertz CT molecular complexity index is 2260. The molecule has 8 rings (SSSR count). The van der Waals surface area contributed by atoms with Crippen LogP contribution < -0.4 is 0 Å². The van der Waals surface area contributed by atoms with Crippen molar-refractivity contribution in [3.63, 3.8) is 0 Å².